The zero-order valence-electron chi connectivity index (χ0n) is 18.3. The van der Waals surface area contributed by atoms with Crippen LogP contribution in [0.15, 0.2) is 42.1 Å². The Hall–Kier alpha value is -2.33. The summed E-state index contributed by atoms with van der Waals surface area (Å²) in [6.07, 6.45) is 9.77. The lowest BCUT2D eigenvalue weighted by Crippen LogP contribution is -2.37. The summed E-state index contributed by atoms with van der Waals surface area (Å²) in [6, 6.07) is 10.4. The van der Waals surface area contributed by atoms with Crippen LogP contribution in [0.3, 0.4) is 0 Å². The smallest absolute Gasteiger partial charge is 0.409 e. The topological polar surface area (TPSA) is 42.4 Å². The average molecular weight is 439 g/mol. The Labute approximate surface area is 190 Å². The molecule has 0 saturated carbocycles. The summed E-state index contributed by atoms with van der Waals surface area (Å²) < 4.78 is 5.50. The third-order valence-electron chi connectivity index (χ3n) is 6.33. The van der Waals surface area contributed by atoms with Crippen LogP contribution in [0.25, 0.3) is 5.57 Å². The Morgan fingerprint density at radius 3 is 2.68 bits per heavy atom. The monoisotopic (exact) mass is 438 g/mol. The first-order chi connectivity index (χ1) is 15.2. The SMILES string of the molecule is CCCCCCOC(=O)N1CCC(=C2c3ccc(Cl)cc3CCc3cccnc32)CC1. The zero-order chi connectivity index (χ0) is 21.6. The van der Waals surface area contributed by atoms with Crippen molar-refractivity contribution in [2.75, 3.05) is 19.7 Å². The second kappa shape index (κ2) is 10.3. The summed E-state index contributed by atoms with van der Waals surface area (Å²) in [5, 5.41) is 0.776. The van der Waals surface area contributed by atoms with E-state index >= 15 is 0 Å². The van der Waals surface area contributed by atoms with Crippen molar-refractivity contribution in [1.82, 2.24) is 9.88 Å². The summed E-state index contributed by atoms with van der Waals surface area (Å²) in [5.74, 6) is 0. The van der Waals surface area contributed by atoms with E-state index in [2.05, 4.69) is 25.1 Å². The molecule has 0 bridgehead atoms. The minimum Gasteiger partial charge on any atom is -0.449 e. The fraction of sp³-hybridized carbons (Fsp3) is 0.462. The largest absolute Gasteiger partial charge is 0.449 e. The van der Waals surface area contributed by atoms with Gasteiger partial charge in [0.1, 0.15) is 0 Å². The Morgan fingerprint density at radius 2 is 1.87 bits per heavy atom. The minimum atomic E-state index is -0.174. The Balaban J connectivity index is 1.53. The lowest BCUT2D eigenvalue weighted by Gasteiger charge is -2.29. The number of rotatable bonds is 5. The molecule has 0 unspecified atom stereocenters. The summed E-state index contributed by atoms with van der Waals surface area (Å²) in [7, 11) is 0. The number of hydrogen-bond acceptors (Lipinski definition) is 3. The van der Waals surface area contributed by atoms with Crippen LogP contribution in [0.5, 0.6) is 0 Å². The number of carbonyl (C=O) groups excluding carboxylic acids is 1. The van der Waals surface area contributed by atoms with Crippen LogP contribution in [-0.2, 0) is 17.6 Å². The summed E-state index contributed by atoms with van der Waals surface area (Å²) >= 11 is 6.31. The molecule has 0 radical (unpaired) electrons. The van der Waals surface area contributed by atoms with Gasteiger partial charge in [-0.25, -0.2) is 4.79 Å². The summed E-state index contributed by atoms with van der Waals surface area (Å²) in [5.41, 5.74) is 7.51. The second-order valence-electron chi connectivity index (χ2n) is 8.45. The molecule has 2 aliphatic rings. The predicted octanol–water partition coefficient (Wildman–Crippen LogP) is 6.45. The number of halogens is 1. The van der Waals surface area contributed by atoms with Crippen LogP contribution in [0, 0.1) is 0 Å². The molecule has 0 atom stereocenters. The lowest BCUT2D eigenvalue weighted by molar-refractivity contribution is 0.0979. The summed E-state index contributed by atoms with van der Waals surface area (Å²) in [6.45, 7) is 4.09. The first-order valence-corrected chi connectivity index (χ1v) is 11.9. The molecule has 164 valence electrons. The molecule has 0 spiro atoms. The quantitative estimate of drug-likeness (QED) is 0.504. The van der Waals surface area contributed by atoms with Gasteiger partial charge in [-0.2, -0.15) is 0 Å². The molecule has 1 amide bonds. The van der Waals surface area contributed by atoms with Gasteiger partial charge in [0.2, 0.25) is 0 Å². The highest BCUT2D eigenvalue weighted by molar-refractivity contribution is 6.30. The van der Waals surface area contributed by atoms with Crippen LogP contribution < -0.4 is 0 Å². The summed E-state index contributed by atoms with van der Waals surface area (Å²) in [4.78, 5) is 19.1. The molecule has 1 saturated heterocycles. The fourth-order valence-corrected chi connectivity index (χ4v) is 4.82. The van der Waals surface area contributed by atoms with Crippen molar-refractivity contribution in [3.63, 3.8) is 0 Å². The van der Waals surface area contributed by atoms with Crippen molar-refractivity contribution < 1.29 is 9.53 Å². The van der Waals surface area contributed by atoms with E-state index < -0.39 is 0 Å². The molecular formula is C26H31ClN2O2. The lowest BCUT2D eigenvalue weighted by atomic mass is 9.88. The van der Waals surface area contributed by atoms with Gasteiger partial charge in [-0.05, 0) is 67.0 Å². The van der Waals surface area contributed by atoms with E-state index in [0.29, 0.717) is 19.7 Å². The maximum absolute atomic E-state index is 12.5. The average Bonchev–Trinajstić information content (AvgIpc) is 2.95. The molecule has 0 N–H and O–H groups in total. The number of aryl methyl sites for hydroxylation is 2. The van der Waals surface area contributed by atoms with Crippen molar-refractivity contribution in [2.24, 2.45) is 0 Å². The van der Waals surface area contributed by atoms with E-state index in [1.807, 2.05) is 23.2 Å². The number of aromatic nitrogens is 1. The highest BCUT2D eigenvalue weighted by atomic mass is 35.5. The Morgan fingerprint density at radius 1 is 1.06 bits per heavy atom. The molecule has 1 aromatic carbocycles. The van der Waals surface area contributed by atoms with Crippen LogP contribution in [0.1, 0.15) is 67.8 Å². The highest BCUT2D eigenvalue weighted by Gasteiger charge is 2.27. The van der Waals surface area contributed by atoms with Crippen molar-refractivity contribution >= 4 is 23.3 Å². The molecule has 5 heteroatoms. The van der Waals surface area contributed by atoms with E-state index in [1.165, 1.54) is 40.7 Å². The first kappa shape index (κ1) is 21.9. The van der Waals surface area contributed by atoms with E-state index in [1.54, 1.807) is 0 Å². The van der Waals surface area contributed by atoms with Crippen molar-refractivity contribution in [2.45, 2.75) is 58.3 Å². The molecule has 1 aromatic heterocycles. The number of amides is 1. The maximum Gasteiger partial charge on any atom is 0.409 e. The number of piperidine rings is 1. The molecular weight excluding hydrogens is 408 g/mol. The van der Waals surface area contributed by atoms with E-state index in [9.17, 15) is 4.79 Å². The number of fused-ring (bicyclic) bond motifs is 2. The van der Waals surface area contributed by atoms with Gasteiger partial charge in [-0.15, -0.1) is 0 Å². The number of benzene rings is 1. The molecule has 1 aliphatic heterocycles. The van der Waals surface area contributed by atoms with E-state index in [-0.39, 0.29) is 6.09 Å². The molecule has 4 nitrogen and oxygen atoms in total. The van der Waals surface area contributed by atoms with E-state index in [4.69, 9.17) is 21.3 Å². The molecule has 2 aromatic rings. The number of pyridine rings is 1. The molecule has 2 heterocycles. The third kappa shape index (κ3) is 5.12. The number of nitrogens with zero attached hydrogens (tertiary/aromatic N) is 2. The number of unbranched alkanes of at least 4 members (excludes halogenated alkanes) is 3. The number of likely N-dealkylation sites (tertiary alicyclic amines) is 1. The van der Waals surface area contributed by atoms with Crippen molar-refractivity contribution in [3.05, 3.63) is 69.5 Å². The molecule has 31 heavy (non-hydrogen) atoms. The van der Waals surface area contributed by atoms with Gasteiger partial charge in [0, 0.05) is 29.9 Å². The second-order valence-corrected chi connectivity index (χ2v) is 8.89. The van der Waals surface area contributed by atoms with Crippen LogP contribution >= 0.6 is 11.6 Å². The van der Waals surface area contributed by atoms with Gasteiger partial charge in [0.25, 0.3) is 0 Å². The van der Waals surface area contributed by atoms with Gasteiger partial charge < -0.3 is 9.64 Å². The minimum absolute atomic E-state index is 0.174. The van der Waals surface area contributed by atoms with E-state index in [0.717, 1.165) is 49.2 Å². The fourth-order valence-electron chi connectivity index (χ4n) is 4.62. The number of ether oxygens (including phenoxy) is 1. The predicted molar refractivity (Wildman–Crippen MR) is 125 cm³/mol. The number of hydrogen-bond donors (Lipinski definition) is 0. The van der Waals surface area contributed by atoms with Gasteiger partial charge >= 0.3 is 6.09 Å². The van der Waals surface area contributed by atoms with Gasteiger partial charge in [-0.3, -0.25) is 4.98 Å². The van der Waals surface area contributed by atoms with Gasteiger partial charge in [-0.1, -0.05) is 55.5 Å². The van der Waals surface area contributed by atoms with Crippen LogP contribution in [0.4, 0.5) is 4.79 Å². The first-order valence-electron chi connectivity index (χ1n) is 11.5. The maximum atomic E-state index is 12.5. The normalized spacial score (nSPS) is 15.9. The molecule has 4 rings (SSSR count). The Kier molecular flexibility index (Phi) is 7.29. The Bertz CT molecular complexity index is 960. The standard InChI is InChI=1S/C26H31ClN2O2/c1-2-3-4-5-17-31-26(30)29-15-12-19(13-16-29)24-23-11-10-22(27)18-21(23)9-8-20-7-6-14-28-25(20)24/h6-7,10-11,14,18H,2-5,8-9,12-13,15-17H2,1H3. The van der Waals surface area contributed by atoms with Crippen molar-refractivity contribution in [3.8, 4) is 0 Å². The third-order valence-corrected chi connectivity index (χ3v) is 6.57. The van der Waals surface area contributed by atoms with Crippen molar-refractivity contribution in [1.29, 1.82) is 0 Å². The molecule has 1 fully saturated rings. The van der Waals surface area contributed by atoms with Gasteiger partial charge in [0.15, 0.2) is 0 Å². The van der Waals surface area contributed by atoms with Gasteiger partial charge in [0.05, 0.1) is 12.3 Å². The molecule has 1 aliphatic carbocycles. The number of carbonyl (C=O) groups is 1. The van der Waals surface area contributed by atoms with Crippen LogP contribution in [-0.4, -0.2) is 35.7 Å². The van der Waals surface area contributed by atoms with Crippen LogP contribution in [0.2, 0.25) is 5.02 Å². The zero-order valence-corrected chi connectivity index (χ0v) is 19.1. The highest BCUT2D eigenvalue weighted by Crippen LogP contribution is 2.38.